The minimum atomic E-state index is -0.892. The van der Waals surface area contributed by atoms with E-state index in [1.807, 2.05) is 37.3 Å². The molecule has 1 N–H and O–H groups in total. The van der Waals surface area contributed by atoms with Gasteiger partial charge in [-0.2, -0.15) is 0 Å². The van der Waals surface area contributed by atoms with Gasteiger partial charge in [0.15, 0.2) is 0 Å². The van der Waals surface area contributed by atoms with Crippen molar-refractivity contribution >= 4 is 11.9 Å². The minimum Gasteiger partial charge on any atom is -0.481 e. The topological polar surface area (TPSA) is 57.6 Å². The Morgan fingerprint density at radius 3 is 2.41 bits per heavy atom. The molecule has 0 spiro atoms. The summed E-state index contributed by atoms with van der Waals surface area (Å²) in [7, 11) is 1.63. The van der Waals surface area contributed by atoms with E-state index in [0.717, 1.165) is 5.56 Å². The molecule has 0 bridgehead atoms. The minimum absolute atomic E-state index is 0.0241. The van der Waals surface area contributed by atoms with E-state index in [9.17, 15) is 9.59 Å². The van der Waals surface area contributed by atoms with Crippen LogP contribution < -0.4 is 0 Å². The Bertz CT molecular complexity index is 389. The molecule has 4 heteroatoms. The highest BCUT2D eigenvalue weighted by atomic mass is 16.4. The molecule has 4 nitrogen and oxygen atoms in total. The zero-order valence-electron chi connectivity index (χ0n) is 10.1. The van der Waals surface area contributed by atoms with Gasteiger partial charge in [-0.15, -0.1) is 0 Å². The Balaban J connectivity index is 2.60. The number of rotatable bonds is 5. The molecule has 0 fully saturated rings. The summed E-state index contributed by atoms with van der Waals surface area (Å²) in [6, 6.07) is 9.46. The fourth-order valence-corrected chi connectivity index (χ4v) is 1.59. The zero-order valence-corrected chi connectivity index (χ0v) is 10.1. The van der Waals surface area contributed by atoms with Gasteiger partial charge < -0.3 is 10.0 Å². The van der Waals surface area contributed by atoms with Crippen molar-refractivity contribution in [1.29, 1.82) is 0 Å². The van der Waals surface area contributed by atoms with Gasteiger partial charge in [0.1, 0.15) is 0 Å². The van der Waals surface area contributed by atoms with Gasteiger partial charge in [-0.05, 0) is 12.5 Å². The van der Waals surface area contributed by atoms with Gasteiger partial charge in [0, 0.05) is 13.6 Å². The summed E-state index contributed by atoms with van der Waals surface area (Å²) in [6.45, 7) is 2.07. The number of aliphatic carboxylic acids is 1. The first kappa shape index (κ1) is 13.2. The largest absolute Gasteiger partial charge is 0.481 e. The van der Waals surface area contributed by atoms with Crippen molar-refractivity contribution in [1.82, 2.24) is 4.90 Å². The average Bonchev–Trinajstić information content (AvgIpc) is 2.35. The van der Waals surface area contributed by atoms with Gasteiger partial charge in [-0.25, -0.2) is 0 Å². The van der Waals surface area contributed by atoms with Crippen LogP contribution in [0.15, 0.2) is 30.3 Å². The summed E-state index contributed by atoms with van der Waals surface area (Å²) in [6.07, 6.45) is -0.0241. The number of benzene rings is 1. The van der Waals surface area contributed by atoms with E-state index in [1.54, 1.807) is 7.05 Å². The quantitative estimate of drug-likeness (QED) is 0.845. The molecule has 0 aliphatic heterocycles. The highest BCUT2D eigenvalue weighted by Crippen LogP contribution is 2.16. The van der Waals surface area contributed by atoms with Crippen molar-refractivity contribution < 1.29 is 14.7 Å². The maximum absolute atomic E-state index is 12.0. The number of likely N-dealkylation sites (N-methyl/N-ethyl adjacent to an activating group) is 1. The van der Waals surface area contributed by atoms with Crippen LogP contribution >= 0.6 is 0 Å². The van der Waals surface area contributed by atoms with Crippen LogP contribution in [0, 0.1) is 0 Å². The maximum Gasteiger partial charge on any atom is 0.305 e. The van der Waals surface area contributed by atoms with E-state index in [2.05, 4.69) is 0 Å². The molecule has 0 heterocycles. The van der Waals surface area contributed by atoms with E-state index in [0.29, 0.717) is 0 Å². The van der Waals surface area contributed by atoms with Gasteiger partial charge in [0.25, 0.3) is 0 Å². The molecule has 0 unspecified atom stereocenters. The lowest BCUT2D eigenvalue weighted by Crippen LogP contribution is -2.32. The van der Waals surface area contributed by atoms with Gasteiger partial charge in [0.2, 0.25) is 5.91 Å². The molecule has 17 heavy (non-hydrogen) atoms. The Morgan fingerprint density at radius 2 is 1.88 bits per heavy atom. The fraction of sp³-hybridized carbons (Fsp3) is 0.385. The van der Waals surface area contributed by atoms with Crippen molar-refractivity contribution in [2.45, 2.75) is 19.3 Å². The van der Waals surface area contributed by atoms with Crippen LogP contribution in [-0.2, 0) is 9.59 Å². The number of hydrogen-bond donors (Lipinski definition) is 1. The van der Waals surface area contributed by atoms with Crippen LogP contribution in [0.5, 0.6) is 0 Å². The lowest BCUT2D eigenvalue weighted by atomic mass is 10.00. The summed E-state index contributed by atoms with van der Waals surface area (Å²) < 4.78 is 0. The van der Waals surface area contributed by atoms with Crippen LogP contribution in [-0.4, -0.2) is 35.5 Å². The molecule has 1 rings (SSSR count). The molecule has 0 radical (unpaired) electrons. The summed E-state index contributed by atoms with van der Waals surface area (Å²) in [5, 5.41) is 8.56. The predicted molar refractivity (Wildman–Crippen MR) is 64.7 cm³/mol. The average molecular weight is 235 g/mol. The van der Waals surface area contributed by atoms with E-state index < -0.39 is 5.97 Å². The van der Waals surface area contributed by atoms with Crippen LogP contribution in [0.25, 0.3) is 0 Å². The molecule has 0 aliphatic carbocycles. The monoisotopic (exact) mass is 235 g/mol. The van der Waals surface area contributed by atoms with Gasteiger partial charge in [-0.1, -0.05) is 30.3 Å². The molecule has 1 aromatic carbocycles. The van der Waals surface area contributed by atoms with Gasteiger partial charge in [0.05, 0.1) is 12.3 Å². The summed E-state index contributed by atoms with van der Waals surface area (Å²) in [5.41, 5.74) is 0.944. The Morgan fingerprint density at radius 1 is 1.29 bits per heavy atom. The molecule has 1 aromatic rings. The molecule has 0 saturated carbocycles. The zero-order chi connectivity index (χ0) is 12.8. The highest BCUT2D eigenvalue weighted by molar-refractivity contribution is 5.83. The van der Waals surface area contributed by atoms with Crippen LogP contribution in [0.1, 0.15) is 24.8 Å². The lowest BCUT2D eigenvalue weighted by Gasteiger charge is -2.20. The number of carboxylic acids is 1. The van der Waals surface area contributed by atoms with E-state index in [4.69, 9.17) is 5.11 Å². The molecular formula is C13H17NO3. The van der Waals surface area contributed by atoms with Gasteiger partial charge in [-0.3, -0.25) is 9.59 Å². The molecule has 1 atom stereocenters. The number of carbonyl (C=O) groups excluding carboxylic acids is 1. The lowest BCUT2D eigenvalue weighted by molar-refractivity contribution is -0.138. The second-order valence-corrected chi connectivity index (χ2v) is 4.04. The molecule has 0 aromatic heterocycles. The van der Waals surface area contributed by atoms with E-state index in [-0.39, 0.29) is 24.8 Å². The molecule has 1 amide bonds. The number of nitrogens with zero attached hydrogens (tertiary/aromatic N) is 1. The first-order chi connectivity index (χ1) is 8.02. The van der Waals surface area contributed by atoms with Crippen LogP contribution in [0.2, 0.25) is 0 Å². The molecular weight excluding hydrogens is 218 g/mol. The third kappa shape index (κ3) is 3.90. The van der Waals surface area contributed by atoms with Crippen molar-refractivity contribution in [2.24, 2.45) is 0 Å². The third-order valence-corrected chi connectivity index (χ3v) is 2.71. The van der Waals surface area contributed by atoms with E-state index in [1.165, 1.54) is 4.90 Å². The van der Waals surface area contributed by atoms with E-state index >= 15 is 0 Å². The standard InChI is InChI=1S/C13H17NO3/c1-10(11-6-4-3-5-7-11)13(17)14(2)9-8-12(15)16/h3-7,10H,8-9H2,1-2H3,(H,15,16)/t10-/m0/s1. The fourth-order valence-electron chi connectivity index (χ4n) is 1.59. The summed E-state index contributed by atoms with van der Waals surface area (Å²) in [4.78, 5) is 23.9. The first-order valence-electron chi connectivity index (χ1n) is 5.54. The molecule has 0 aliphatic rings. The number of carboxylic acid groups (broad SMARTS) is 1. The SMILES string of the molecule is C[C@H](C(=O)N(C)CCC(=O)O)c1ccccc1. The van der Waals surface area contributed by atoms with Crippen LogP contribution in [0.3, 0.4) is 0 Å². The van der Waals surface area contributed by atoms with Gasteiger partial charge >= 0.3 is 5.97 Å². The Hall–Kier alpha value is -1.84. The number of carbonyl (C=O) groups is 2. The Labute approximate surface area is 101 Å². The van der Waals surface area contributed by atoms with Crippen molar-refractivity contribution in [2.75, 3.05) is 13.6 Å². The molecule has 92 valence electrons. The molecule has 0 saturated heterocycles. The smallest absolute Gasteiger partial charge is 0.305 e. The second-order valence-electron chi connectivity index (χ2n) is 4.04. The summed E-state index contributed by atoms with van der Waals surface area (Å²) >= 11 is 0. The van der Waals surface area contributed by atoms with Crippen molar-refractivity contribution in [3.05, 3.63) is 35.9 Å². The third-order valence-electron chi connectivity index (χ3n) is 2.71. The predicted octanol–water partition coefficient (Wildman–Crippen LogP) is 1.72. The Kier molecular flexibility index (Phi) is 4.69. The van der Waals surface area contributed by atoms with Crippen molar-refractivity contribution in [3.63, 3.8) is 0 Å². The summed E-state index contributed by atoms with van der Waals surface area (Å²) in [5.74, 6) is -1.19. The normalized spacial score (nSPS) is 11.9. The first-order valence-corrected chi connectivity index (χ1v) is 5.54. The highest BCUT2D eigenvalue weighted by Gasteiger charge is 2.19. The second kappa shape index (κ2) is 6.03. The number of hydrogen-bond acceptors (Lipinski definition) is 2. The number of amides is 1. The van der Waals surface area contributed by atoms with Crippen molar-refractivity contribution in [3.8, 4) is 0 Å². The maximum atomic E-state index is 12.0. The van der Waals surface area contributed by atoms with Crippen LogP contribution in [0.4, 0.5) is 0 Å².